The van der Waals surface area contributed by atoms with Gasteiger partial charge in [-0.15, -0.1) is 0 Å². The molecule has 1 aliphatic rings. The van der Waals surface area contributed by atoms with Gasteiger partial charge in [-0.2, -0.15) is 0 Å². The van der Waals surface area contributed by atoms with Gasteiger partial charge < -0.3 is 14.7 Å². The Morgan fingerprint density at radius 1 is 1.53 bits per heavy atom. The highest BCUT2D eigenvalue weighted by Crippen LogP contribution is 2.27. The van der Waals surface area contributed by atoms with Crippen molar-refractivity contribution in [2.75, 3.05) is 25.1 Å². The van der Waals surface area contributed by atoms with E-state index in [0.29, 0.717) is 24.7 Å². The van der Waals surface area contributed by atoms with Gasteiger partial charge in [-0.1, -0.05) is 6.92 Å². The highest BCUT2D eigenvalue weighted by atomic mass is 19.1. The minimum Gasteiger partial charge on any atom is -0.478 e. The molecule has 0 aromatic heterocycles. The van der Waals surface area contributed by atoms with E-state index in [9.17, 15) is 9.18 Å². The van der Waals surface area contributed by atoms with Crippen molar-refractivity contribution in [3.8, 4) is 0 Å². The summed E-state index contributed by atoms with van der Waals surface area (Å²) in [5, 5.41) is 8.97. The second kappa shape index (κ2) is 5.57. The van der Waals surface area contributed by atoms with E-state index in [4.69, 9.17) is 9.84 Å². The van der Waals surface area contributed by atoms with Crippen LogP contribution in [0.1, 0.15) is 23.7 Å². The summed E-state index contributed by atoms with van der Waals surface area (Å²) in [7, 11) is 1.65. The number of nitrogens with zero attached hydrogens (tertiary/aromatic N) is 1. The third-order valence-corrected chi connectivity index (χ3v) is 3.73. The van der Waals surface area contributed by atoms with Gasteiger partial charge in [-0.05, 0) is 30.5 Å². The summed E-state index contributed by atoms with van der Waals surface area (Å²) < 4.78 is 19.3. The standard InChI is InChI=1S/C14H18FNO3/c1-9-5-6-16(8-13(9)19-2)12-7-10(14(17)18)3-4-11(12)15/h3-4,7,9,13H,5-6,8H2,1-2H3,(H,17,18)/t9-,13+/m1/s1. The molecule has 0 unspecified atom stereocenters. The number of carboxylic acids is 1. The van der Waals surface area contributed by atoms with Gasteiger partial charge in [-0.25, -0.2) is 9.18 Å². The lowest BCUT2D eigenvalue weighted by atomic mass is 9.95. The number of hydrogen-bond donors (Lipinski definition) is 1. The number of piperidine rings is 1. The third-order valence-electron chi connectivity index (χ3n) is 3.73. The lowest BCUT2D eigenvalue weighted by molar-refractivity contribution is 0.0497. The highest BCUT2D eigenvalue weighted by Gasteiger charge is 2.27. The molecule has 2 rings (SSSR count). The molecule has 5 heteroatoms. The molecule has 1 heterocycles. The Labute approximate surface area is 111 Å². The van der Waals surface area contributed by atoms with Crippen molar-refractivity contribution in [3.63, 3.8) is 0 Å². The normalized spacial score (nSPS) is 23.4. The molecule has 1 aromatic rings. The molecular formula is C14H18FNO3. The first-order chi connectivity index (χ1) is 9.02. The quantitative estimate of drug-likeness (QED) is 0.913. The van der Waals surface area contributed by atoms with Crippen molar-refractivity contribution in [3.05, 3.63) is 29.6 Å². The molecule has 0 amide bonds. The van der Waals surface area contributed by atoms with Crippen molar-refractivity contribution >= 4 is 11.7 Å². The summed E-state index contributed by atoms with van der Waals surface area (Å²) in [6, 6.07) is 3.88. The molecule has 1 fully saturated rings. The molecule has 0 saturated carbocycles. The van der Waals surface area contributed by atoms with Gasteiger partial charge in [0.15, 0.2) is 0 Å². The molecule has 1 N–H and O–H groups in total. The van der Waals surface area contributed by atoms with Gasteiger partial charge >= 0.3 is 5.97 Å². The number of carboxylic acid groups (broad SMARTS) is 1. The highest BCUT2D eigenvalue weighted by molar-refractivity contribution is 5.88. The lowest BCUT2D eigenvalue weighted by Gasteiger charge is -2.37. The average molecular weight is 267 g/mol. The Morgan fingerprint density at radius 3 is 2.89 bits per heavy atom. The monoisotopic (exact) mass is 267 g/mol. The summed E-state index contributed by atoms with van der Waals surface area (Å²) in [4.78, 5) is 12.8. The summed E-state index contributed by atoms with van der Waals surface area (Å²) >= 11 is 0. The first-order valence-corrected chi connectivity index (χ1v) is 6.33. The molecule has 0 bridgehead atoms. The van der Waals surface area contributed by atoms with Crippen LogP contribution in [0.2, 0.25) is 0 Å². The fourth-order valence-corrected chi connectivity index (χ4v) is 2.45. The maximum atomic E-state index is 13.9. The fourth-order valence-electron chi connectivity index (χ4n) is 2.45. The van der Waals surface area contributed by atoms with Gasteiger partial charge in [0.1, 0.15) is 5.82 Å². The molecule has 0 aliphatic carbocycles. The van der Waals surface area contributed by atoms with Crippen LogP contribution in [0.25, 0.3) is 0 Å². The summed E-state index contributed by atoms with van der Waals surface area (Å²) in [5.74, 6) is -1.02. The van der Waals surface area contributed by atoms with Crippen LogP contribution in [0.3, 0.4) is 0 Å². The predicted molar refractivity (Wildman–Crippen MR) is 70.2 cm³/mol. The van der Waals surface area contributed by atoms with Crippen LogP contribution in [-0.4, -0.2) is 37.4 Å². The number of aromatic carboxylic acids is 1. The van der Waals surface area contributed by atoms with Crippen LogP contribution in [0.4, 0.5) is 10.1 Å². The molecule has 1 saturated heterocycles. The number of rotatable bonds is 3. The molecule has 1 aliphatic heterocycles. The summed E-state index contributed by atoms with van der Waals surface area (Å²) in [6.45, 7) is 3.40. The van der Waals surface area contributed by atoms with E-state index in [1.165, 1.54) is 18.2 Å². The summed E-state index contributed by atoms with van der Waals surface area (Å²) in [5.41, 5.74) is 0.442. The van der Waals surface area contributed by atoms with Gasteiger partial charge in [0.25, 0.3) is 0 Å². The minimum absolute atomic E-state index is 0.0432. The van der Waals surface area contributed by atoms with Crippen LogP contribution in [0.5, 0.6) is 0 Å². The van der Waals surface area contributed by atoms with E-state index < -0.39 is 11.8 Å². The zero-order chi connectivity index (χ0) is 14.0. The second-order valence-corrected chi connectivity index (χ2v) is 4.96. The van der Waals surface area contributed by atoms with Gasteiger partial charge in [0, 0.05) is 20.2 Å². The van der Waals surface area contributed by atoms with E-state index in [1.54, 1.807) is 7.11 Å². The molecule has 0 spiro atoms. The van der Waals surface area contributed by atoms with Gasteiger partial charge in [-0.3, -0.25) is 0 Å². The lowest BCUT2D eigenvalue weighted by Crippen LogP contribution is -2.44. The van der Waals surface area contributed by atoms with E-state index in [0.717, 1.165) is 6.42 Å². The van der Waals surface area contributed by atoms with Crippen molar-refractivity contribution < 1.29 is 19.0 Å². The van der Waals surface area contributed by atoms with E-state index >= 15 is 0 Å². The maximum absolute atomic E-state index is 13.9. The van der Waals surface area contributed by atoms with Crippen LogP contribution in [-0.2, 0) is 4.74 Å². The Kier molecular flexibility index (Phi) is 4.04. The molecule has 1 aromatic carbocycles. The van der Waals surface area contributed by atoms with Gasteiger partial charge in [0.2, 0.25) is 0 Å². The zero-order valence-corrected chi connectivity index (χ0v) is 11.1. The number of methoxy groups -OCH3 is 1. The smallest absolute Gasteiger partial charge is 0.335 e. The maximum Gasteiger partial charge on any atom is 0.335 e. The van der Waals surface area contributed by atoms with Crippen molar-refractivity contribution in [1.29, 1.82) is 0 Å². The first-order valence-electron chi connectivity index (χ1n) is 6.33. The Bertz CT molecular complexity index is 478. The van der Waals surface area contributed by atoms with E-state index in [1.807, 2.05) is 4.90 Å². The number of hydrogen-bond acceptors (Lipinski definition) is 3. The van der Waals surface area contributed by atoms with Gasteiger partial charge in [0.05, 0.1) is 17.4 Å². The van der Waals surface area contributed by atoms with Crippen LogP contribution in [0.15, 0.2) is 18.2 Å². The number of anilines is 1. The number of benzene rings is 1. The molecule has 19 heavy (non-hydrogen) atoms. The number of ether oxygens (including phenoxy) is 1. The summed E-state index contributed by atoms with van der Waals surface area (Å²) in [6.07, 6.45) is 0.941. The van der Waals surface area contributed by atoms with E-state index in [-0.39, 0.29) is 11.7 Å². The second-order valence-electron chi connectivity index (χ2n) is 4.96. The number of carbonyl (C=O) groups is 1. The molecule has 0 radical (unpaired) electrons. The Hall–Kier alpha value is -1.62. The van der Waals surface area contributed by atoms with Crippen LogP contribution >= 0.6 is 0 Å². The topological polar surface area (TPSA) is 49.8 Å². The number of halogens is 1. The van der Waals surface area contributed by atoms with Crippen molar-refractivity contribution in [1.82, 2.24) is 0 Å². The van der Waals surface area contributed by atoms with Crippen molar-refractivity contribution in [2.45, 2.75) is 19.4 Å². The zero-order valence-electron chi connectivity index (χ0n) is 11.1. The minimum atomic E-state index is -1.05. The fraction of sp³-hybridized carbons (Fsp3) is 0.500. The predicted octanol–water partition coefficient (Wildman–Crippen LogP) is 2.39. The average Bonchev–Trinajstić information content (AvgIpc) is 2.40. The van der Waals surface area contributed by atoms with Crippen LogP contribution in [0, 0.1) is 11.7 Å². The van der Waals surface area contributed by atoms with E-state index in [2.05, 4.69) is 6.92 Å². The van der Waals surface area contributed by atoms with Crippen LogP contribution < -0.4 is 4.90 Å². The molecule has 104 valence electrons. The van der Waals surface area contributed by atoms with Crippen molar-refractivity contribution in [2.24, 2.45) is 5.92 Å². The SMILES string of the molecule is CO[C@H]1CN(c2cc(C(=O)O)ccc2F)CC[C@H]1C. The first kappa shape index (κ1) is 13.8. The third kappa shape index (κ3) is 2.87. The Morgan fingerprint density at radius 2 is 2.26 bits per heavy atom. The molecule has 4 nitrogen and oxygen atoms in total. The Balaban J connectivity index is 2.26. The largest absolute Gasteiger partial charge is 0.478 e. The molecular weight excluding hydrogens is 249 g/mol. The molecule has 2 atom stereocenters.